The zero-order chi connectivity index (χ0) is 40.0. The molecule has 8 nitrogen and oxygen atoms in total. The van der Waals surface area contributed by atoms with E-state index in [0.717, 1.165) is 92.1 Å². The molecule has 6 rings (SSSR count). The zero-order valence-corrected chi connectivity index (χ0v) is 34.1. The van der Waals surface area contributed by atoms with Crippen LogP contribution in [0.2, 0.25) is 0 Å². The number of ether oxygens (including phenoxy) is 1. The van der Waals surface area contributed by atoms with Gasteiger partial charge in [-0.1, -0.05) is 73.5 Å². The first-order chi connectivity index (χ1) is 27.8. The molecule has 304 valence electrons. The Labute approximate surface area is 340 Å². The highest BCUT2D eigenvalue weighted by Crippen LogP contribution is 2.41. The number of carbonyl (C=O) groups is 2. The Kier molecular flexibility index (Phi) is 15.7. The fourth-order valence-corrected chi connectivity index (χ4v) is 9.43. The highest BCUT2D eigenvalue weighted by molar-refractivity contribution is 6.06. The Hall–Kier alpha value is -4.50. The van der Waals surface area contributed by atoms with Crippen molar-refractivity contribution in [3.8, 4) is 11.5 Å². The van der Waals surface area contributed by atoms with Crippen LogP contribution in [0, 0.1) is 17.8 Å². The molecule has 0 radical (unpaired) electrons. The minimum absolute atomic E-state index is 0.0105. The number of hydrogen-bond acceptors (Lipinski definition) is 8. The molecule has 2 fully saturated rings. The second-order valence-electron chi connectivity index (χ2n) is 16.4. The topological polar surface area (TPSA) is 126 Å². The van der Waals surface area contributed by atoms with Crippen LogP contribution in [0.25, 0.3) is 6.08 Å². The predicted octanol–water partition coefficient (Wildman–Crippen LogP) is 7.78. The number of phenolic OH excluding ortho intramolecular Hbond substituents is 1. The number of phenols is 1. The van der Waals surface area contributed by atoms with Gasteiger partial charge in [-0.15, -0.1) is 0 Å². The molecule has 6 N–H and O–H groups in total. The highest BCUT2D eigenvalue weighted by atomic mass is 16.5. The largest absolute Gasteiger partial charge is 0.504 e. The highest BCUT2D eigenvalue weighted by Gasteiger charge is 2.39. The second-order valence-corrected chi connectivity index (χ2v) is 16.4. The Morgan fingerprint density at radius 1 is 0.912 bits per heavy atom. The lowest BCUT2D eigenvalue weighted by Crippen LogP contribution is -2.50. The normalized spacial score (nSPS) is 22.0. The molecule has 1 unspecified atom stereocenters. The number of nitrogens with one attached hydrogen (secondary N) is 3. The van der Waals surface area contributed by atoms with Gasteiger partial charge in [-0.3, -0.25) is 9.59 Å². The van der Waals surface area contributed by atoms with E-state index in [1.165, 1.54) is 55.6 Å². The van der Waals surface area contributed by atoms with Gasteiger partial charge in [0.1, 0.15) is 5.78 Å². The van der Waals surface area contributed by atoms with Crippen LogP contribution in [0.5, 0.6) is 11.5 Å². The van der Waals surface area contributed by atoms with E-state index in [1.54, 1.807) is 18.2 Å². The van der Waals surface area contributed by atoms with Crippen LogP contribution in [-0.4, -0.2) is 56.1 Å². The number of piperidine rings is 1. The summed E-state index contributed by atoms with van der Waals surface area (Å²) < 4.78 is 5.43. The fraction of sp³-hybridized carbons (Fsp3) is 0.469. The van der Waals surface area contributed by atoms with E-state index in [9.17, 15) is 14.7 Å². The second kappa shape index (κ2) is 21.3. The number of aromatic hydroxyl groups is 1. The quantitative estimate of drug-likeness (QED) is 0.0448. The molecule has 2 aliphatic heterocycles. The summed E-state index contributed by atoms with van der Waals surface area (Å²) in [5.74, 6) is 2.45. The van der Waals surface area contributed by atoms with Crippen LogP contribution >= 0.6 is 0 Å². The van der Waals surface area contributed by atoms with E-state index >= 15 is 0 Å². The van der Waals surface area contributed by atoms with E-state index in [2.05, 4.69) is 83.7 Å². The van der Waals surface area contributed by atoms with E-state index in [-0.39, 0.29) is 29.9 Å². The Balaban J connectivity index is 1.01. The van der Waals surface area contributed by atoms with Gasteiger partial charge in [0, 0.05) is 18.7 Å². The Morgan fingerprint density at radius 2 is 1.68 bits per heavy atom. The van der Waals surface area contributed by atoms with Gasteiger partial charge in [-0.25, -0.2) is 0 Å². The molecule has 0 spiro atoms. The molecule has 1 saturated carbocycles. The number of fused-ring (bicyclic) bond motifs is 1. The maximum absolute atomic E-state index is 13.0. The van der Waals surface area contributed by atoms with Gasteiger partial charge in [0.25, 0.3) is 0 Å². The molecule has 3 aliphatic rings. The van der Waals surface area contributed by atoms with Crippen molar-refractivity contribution >= 4 is 17.6 Å². The van der Waals surface area contributed by atoms with Crippen molar-refractivity contribution in [2.24, 2.45) is 23.5 Å². The monoisotopic (exact) mass is 772 g/mol. The van der Waals surface area contributed by atoms with Crippen LogP contribution < -0.4 is 26.4 Å². The minimum Gasteiger partial charge on any atom is -0.504 e. The van der Waals surface area contributed by atoms with Crippen molar-refractivity contribution in [1.29, 1.82) is 0 Å². The first-order valence-corrected chi connectivity index (χ1v) is 21.3. The van der Waals surface area contributed by atoms with Crippen molar-refractivity contribution in [3.05, 3.63) is 124 Å². The third-order valence-corrected chi connectivity index (χ3v) is 12.6. The van der Waals surface area contributed by atoms with Gasteiger partial charge >= 0.3 is 0 Å². The van der Waals surface area contributed by atoms with Crippen LogP contribution in [0.1, 0.15) is 92.0 Å². The van der Waals surface area contributed by atoms with Gasteiger partial charge in [-0.05, 0) is 165 Å². The Bertz CT molecular complexity index is 1890. The number of dihydropyridines is 1. The van der Waals surface area contributed by atoms with E-state index < -0.39 is 0 Å². The first-order valence-electron chi connectivity index (χ1n) is 21.3. The molecule has 2 heterocycles. The average Bonchev–Trinajstić information content (AvgIpc) is 3.23. The number of unbranched alkanes of at least 4 members (excludes halogenated alkanes) is 2. The maximum atomic E-state index is 13.0. The molecule has 1 saturated heterocycles. The fourth-order valence-electron chi connectivity index (χ4n) is 9.43. The summed E-state index contributed by atoms with van der Waals surface area (Å²) in [6.45, 7) is 2.29. The molecule has 1 aliphatic carbocycles. The smallest absolute Gasteiger partial charge is 0.163 e. The molecule has 3 aromatic rings. The third kappa shape index (κ3) is 12.2. The summed E-state index contributed by atoms with van der Waals surface area (Å²) in [5.41, 5.74) is 14.1. The number of carbonyl (C=O) groups excluding carboxylic acids is 2. The van der Waals surface area contributed by atoms with Crippen molar-refractivity contribution < 1.29 is 19.4 Å². The third-order valence-electron chi connectivity index (χ3n) is 12.6. The SMILES string of the molecule is CN[C@@H]1CC[C@@H]2CNCC[C@@H]2[C@H]1CCCCCC(=O)CC(=O)/C=C/c1cc(OC)c(O)cc1CC1=CNC(N)C=C1CCc1cccc(CCc2ccccc2)c1. The number of nitrogens with two attached hydrogens (primary N) is 1. The summed E-state index contributed by atoms with van der Waals surface area (Å²) in [6, 6.07) is 23.5. The van der Waals surface area contributed by atoms with Crippen LogP contribution in [0.4, 0.5) is 0 Å². The Morgan fingerprint density at radius 3 is 2.47 bits per heavy atom. The number of hydrogen-bond donors (Lipinski definition) is 5. The average molecular weight is 773 g/mol. The maximum Gasteiger partial charge on any atom is 0.163 e. The molecule has 3 aromatic carbocycles. The predicted molar refractivity (Wildman–Crippen MR) is 231 cm³/mol. The molecule has 0 amide bonds. The van der Waals surface area contributed by atoms with Gasteiger partial charge in [0.15, 0.2) is 17.3 Å². The van der Waals surface area contributed by atoms with Crippen molar-refractivity contribution in [1.82, 2.24) is 16.0 Å². The lowest BCUT2D eigenvalue weighted by atomic mass is 9.65. The number of aryl methyl sites for hydroxylation is 3. The summed E-state index contributed by atoms with van der Waals surface area (Å²) >= 11 is 0. The number of rotatable bonds is 20. The molecule has 0 aromatic heterocycles. The lowest BCUT2D eigenvalue weighted by Gasteiger charge is -2.46. The van der Waals surface area contributed by atoms with Crippen LogP contribution in [0.15, 0.2) is 96.2 Å². The van der Waals surface area contributed by atoms with E-state index in [0.29, 0.717) is 30.6 Å². The molecule has 8 heteroatoms. The van der Waals surface area contributed by atoms with Gasteiger partial charge in [0.2, 0.25) is 0 Å². The first kappa shape index (κ1) is 42.1. The zero-order valence-electron chi connectivity index (χ0n) is 34.1. The van der Waals surface area contributed by atoms with E-state index in [1.807, 2.05) is 6.20 Å². The number of allylic oxidation sites excluding steroid dienone is 3. The molecule has 57 heavy (non-hydrogen) atoms. The summed E-state index contributed by atoms with van der Waals surface area (Å²) in [4.78, 5) is 25.9. The van der Waals surface area contributed by atoms with Gasteiger partial charge in [-0.2, -0.15) is 0 Å². The number of ketones is 2. The number of Topliss-reactive ketones (excluding diaryl/α,β-unsaturated/α-hetero) is 1. The summed E-state index contributed by atoms with van der Waals surface area (Å²) in [7, 11) is 3.62. The van der Waals surface area contributed by atoms with Crippen LogP contribution in [0.3, 0.4) is 0 Å². The molecule has 5 atom stereocenters. The van der Waals surface area contributed by atoms with Crippen molar-refractivity contribution in [3.63, 3.8) is 0 Å². The lowest BCUT2D eigenvalue weighted by molar-refractivity contribution is -0.124. The minimum atomic E-state index is -0.288. The molecule has 0 bridgehead atoms. The number of benzene rings is 3. The van der Waals surface area contributed by atoms with Gasteiger partial charge < -0.3 is 31.5 Å². The molecular formula is C49H64N4O4. The molecular weight excluding hydrogens is 709 g/mol. The number of methoxy groups -OCH3 is 1. The van der Waals surface area contributed by atoms with Gasteiger partial charge in [0.05, 0.1) is 19.7 Å². The van der Waals surface area contributed by atoms with Crippen LogP contribution in [-0.2, 0) is 35.3 Å². The standard InChI is InChI=1S/C49H64N4O4/c1-51-46-23-21-39-32-52-25-24-44(39)45(46)15-8-4-7-14-42(54)31-43(55)22-20-37-29-48(57-2)47(56)28-40(37)27-41-33-53-49(50)30-38(41)19-18-36-13-9-12-35(26-36)17-16-34-10-5-3-6-11-34/h3,5-6,9-13,20,22,26,28-30,33,39,44-46,49,51-53,56H,4,7-8,14-19,21,23-25,27,31-32,50H2,1-2H3/b22-20+/t39-,44+,45-,46-,49?/m1/s1. The summed E-state index contributed by atoms with van der Waals surface area (Å²) in [6.07, 6.45) is 19.5. The van der Waals surface area contributed by atoms with Crippen molar-refractivity contribution in [2.45, 2.75) is 102 Å². The van der Waals surface area contributed by atoms with Crippen molar-refractivity contribution in [2.75, 3.05) is 27.2 Å². The summed E-state index contributed by atoms with van der Waals surface area (Å²) in [5, 5.41) is 21.2. The van der Waals surface area contributed by atoms with E-state index in [4.69, 9.17) is 10.5 Å².